The monoisotopic (exact) mass is 216 g/mol. The quantitative estimate of drug-likeness (QED) is 0.636. The van der Waals surface area contributed by atoms with Gasteiger partial charge in [0.2, 0.25) is 0 Å². The van der Waals surface area contributed by atoms with Crippen LogP contribution in [-0.4, -0.2) is 18.1 Å². The van der Waals surface area contributed by atoms with Crippen molar-refractivity contribution in [3.63, 3.8) is 0 Å². The van der Waals surface area contributed by atoms with Crippen LogP contribution in [0.25, 0.3) is 23.2 Å². The van der Waals surface area contributed by atoms with E-state index in [0.29, 0.717) is 10.6 Å². The van der Waals surface area contributed by atoms with Crippen LogP contribution in [0.3, 0.4) is 0 Å². The molecular weight excluding hydrogens is 206 g/mol. The first-order chi connectivity index (χ1) is 7.76. The van der Waals surface area contributed by atoms with Crippen molar-refractivity contribution in [1.29, 1.82) is 0 Å². The number of hydrogen-bond acceptors (Lipinski definition) is 3. The molecule has 16 heavy (non-hydrogen) atoms. The van der Waals surface area contributed by atoms with Crippen LogP contribution in [0.2, 0.25) is 0 Å². The summed E-state index contributed by atoms with van der Waals surface area (Å²) in [5.74, 6) is -0.491. The van der Waals surface area contributed by atoms with Crippen molar-refractivity contribution < 1.29 is 14.6 Å². The molecule has 0 bridgehead atoms. The van der Waals surface area contributed by atoms with E-state index in [1.165, 1.54) is 13.2 Å². The van der Waals surface area contributed by atoms with Crippen LogP contribution in [-0.2, 0) is 9.53 Å². The van der Waals surface area contributed by atoms with E-state index >= 15 is 0 Å². The molecule has 0 amide bonds. The summed E-state index contributed by atoms with van der Waals surface area (Å²) in [6.45, 7) is 0. The number of nitrogens with one attached hydrogen (secondary N) is 1. The first-order valence-electron chi connectivity index (χ1n) is 4.75. The Bertz CT molecular complexity index is 640. The number of esters is 1. The molecule has 0 aliphatic heterocycles. The minimum absolute atomic E-state index is 0.473. The number of ether oxygens (including phenoxy) is 1. The Balaban J connectivity index is 2.81. The van der Waals surface area contributed by atoms with Gasteiger partial charge in [-0.05, 0) is 11.3 Å². The average molecular weight is 216 g/mol. The topological polar surface area (TPSA) is 65.2 Å². The first-order valence-corrected chi connectivity index (χ1v) is 4.75. The molecule has 4 heteroatoms. The second kappa shape index (κ2) is 4.10. The van der Waals surface area contributed by atoms with Gasteiger partial charge in [0.25, 0.3) is 0 Å². The van der Waals surface area contributed by atoms with Crippen molar-refractivity contribution in [1.82, 2.24) is 4.98 Å². The lowest BCUT2D eigenvalue weighted by Crippen LogP contribution is -2.26. The van der Waals surface area contributed by atoms with Gasteiger partial charge in [-0.3, -0.25) is 0 Å². The van der Waals surface area contributed by atoms with Crippen LogP contribution in [0.4, 0.5) is 0 Å². The van der Waals surface area contributed by atoms with E-state index in [9.17, 15) is 9.90 Å². The number of fused-ring (bicyclic) bond motifs is 1. The van der Waals surface area contributed by atoms with Gasteiger partial charge in [-0.25, -0.2) is 4.79 Å². The lowest BCUT2D eigenvalue weighted by molar-refractivity contribution is -0.229. The van der Waals surface area contributed by atoms with E-state index in [-0.39, 0.29) is 0 Å². The maximum absolute atomic E-state index is 11.1. The minimum Gasteiger partial charge on any atom is -0.877 e. The fraction of sp³-hybridized carbons (Fsp3) is 0.0833. The smallest absolute Gasteiger partial charge is 0.332 e. The summed E-state index contributed by atoms with van der Waals surface area (Å²) < 4.78 is 4.52. The predicted molar refractivity (Wildman–Crippen MR) is 58.5 cm³/mol. The molecule has 1 aromatic heterocycles. The molecule has 1 N–H and O–H groups in total. The van der Waals surface area contributed by atoms with Crippen molar-refractivity contribution >= 4 is 29.2 Å². The maximum atomic E-state index is 11.1. The molecule has 0 radical (unpaired) electrons. The zero-order chi connectivity index (χ0) is 11.5. The Morgan fingerprint density at radius 2 is 2.19 bits per heavy atom. The summed E-state index contributed by atoms with van der Waals surface area (Å²) in [4.78, 5) is 14.1. The van der Waals surface area contributed by atoms with Crippen LogP contribution >= 0.6 is 0 Å². The summed E-state index contributed by atoms with van der Waals surface area (Å²) in [6.07, 6.45) is 2.00. The summed E-state index contributed by atoms with van der Waals surface area (Å²) in [5, 5.41) is 12.7. The Hall–Kier alpha value is -2.23. The highest BCUT2D eigenvalue weighted by Crippen LogP contribution is 2.02. The molecule has 0 spiro atoms. The Labute approximate surface area is 91.5 Å². The zero-order valence-corrected chi connectivity index (χ0v) is 8.69. The molecule has 0 aliphatic carbocycles. The number of hydrogen-bond donors (Lipinski definition) is 1. The van der Waals surface area contributed by atoms with Gasteiger partial charge in [0, 0.05) is 17.0 Å². The summed E-state index contributed by atoms with van der Waals surface area (Å²) in [6, 6.07) is 7.36. The van der Waals surface area contributed by atoms with Gasteiger partial charge in [-0.2, -0.15) is 0 Å². The average Bonchev–Trinajstić information content (AvgIpc) is 2.65. The number of rotatable bonds is 1. The highest BCUT2D eigenvalue weighted by Gasteiger charge is 1.99. The van der Waals surface area contributed by atoms with Gasteiger partial charge in [-0.1, -0.05) is 18.2 Å². The number of carbonyl (C=O) groups is 1. The van der Waals surface area contributed by atoms with Crippen molar-refractivity contribution in [2.24, 2.45) is 0 Å². The van der Waals surface area contributed by atoms with Crippen molar-refractivity contribution in [3.8, 4) is 0 Å². The molecule has 0 aliphatic rings. The third-order valence-corrected chi connectivity index (χ3v) is 2.36. The molecular formula is C12H10NO3-. The molecule has 0 saturated heterocycles. The van der Waals surface area contributed by atoms with Gasteiger partial charge in [0.1, 0.15) is 0 Å². The second-order valence-electron chi connectivity index (χ2n) is 3.28. The van der Waals surface area contributed by atoms with E-state index in [2.05, 4.69) is 9.72 Å². The number of para-hydroxylation sites is 1. The van der Waals surface area contributed by atoms with Crippen LogP contribution in [0.15, 0.2) is 24.3 Å². The molecule has 2 aromatic rings. The lowest BCUT2D eigenvalue weighted by atomic mass is 10.2. The van der Waals surface area contributed by atoms with Crippen LogP contribution in [0.5, 0.6) is 0 Å². The zero-order valence-electron chi connectivity index (χ0n) is 8.69. The molecule has 1 aromatic carbocycles. The number of aromatic nitrogens is 1. The summed E-state index contributed by atoms with van der Waals surface area (Å²) in [5.41, 5.74) is 0.819. The van der Waals surface area contributed by atoms with E-state index in [4.69, 9.17) is 0 Å². The molecule has 4 nitrogen and oxygen atoms in total. The highest BCUT2D eigenvalue weighted by molar-refractivity contribution is 6.00. The molecule has 0 unspecified atom stereocenters. The Kier molecular flexibility index (Phi) is 2.64. The van der Waals surface area contributed by atoms with E-state index < -0.39 is 5.97 Å². The van der Waals surface area contributed by atoms with Crippen LogP contribution < -0.4 is 15.7 Å². The fourth-order valence-electron chi connectivity index (χ4n) is 1.60. The van der Waals surface area contributed by atoms with Crippen molar-refractivity contribution in [2.75, 3.05) is 7.11 Å². The third kappa shape index (κ3) is 1.65. The minimum atomic E-state index is -0.491. The summed E-state index contributed by atoms with van der Waals surface area (Å²) >= 11 is 0. The largest absolute Gasteiger partial charge is 0.877 e. The maximum Gasteiger partial charge on any atom is 0.332 e. The van der Waals surface area contributed by atoms with Crippen LogP contribution in [0, 0.1) is 0 Å². The van der Waals surface area contributed by atoms with E-state index in [1.54, 1.807) is 0 Å². The van der Waals surface area contributed by atoms with Crippen molar-refractivity contribution in [2.45, 2.75) is 0 Å². The number of aromatic amines is 1. The van der Waals surface area contributed by atoms with Crippen molar-refractivity contribution in [3.05, 3.63) is 34.8 Å². The predicted octanol–water partition coefficient (Wildman–Crippen LogP) is -0.780. The van der Waals surface area contributed by atoms with E-state index in [1.807, 2.05) is 24.3 Å². The van der Waals surface area contributed by atoms with Crippen LogP contribution in [0.1, 0.15) is 0 Å². The Morgan fingerprint density at radius 1 is 1.44 bits per heavy atom. The molecule has 0 saturated carbocycles. The van der Waals surface area contributed by atoms with Gasteiger partial charge >= 0.3 is 5.97 Å². The molecule has 1 heterocycles. The normalized spacial score (nSPS) is 13.3. The fourth-order valence-corrected chi connectivity index (χ4v) is 1.60. The van der Waals surface area contributed by atoms with Gasteiger partial charge in [-0.15, -0.1) is 6.26 Å². The van der Waals surface area contributed by atoms with E-state index in [0.717, 1.165) is 17.2 Å². The number of benzene rings is 1. The molecule has 0 atom stereocenters. The number of methoxy groups -OCH3 is 1. The molecule has 82 valence electrons. The lowest BCUT2D eigenvalue weighted by Gasteiger charge is -1.90. The Morgan fingerprint density at radius 3 is 2.88 bits per heavy atom. The second-order valence-corrected chi connectivity index (χ2v) is 3.28. The van der Waals surface area contributed by atoms with Gasteiger partial charge < -0.3 is 14.8 Å². The first kappa shape index (κ1) is 10.3. The number of H-pyrrole nitrogens is 1. The standard InChI is InChI=1S/C12H11NO3/c1-16-12(15)6-11-9(7-14)8-4-2-3-5-10(8)13-11/h2-7,13-14H,1H3/p-1/b9-7+,11-6-. The summed E-state index contributed by atoms with van der Waals surface area (Å²) in [7, 11) is 1.29. The molecule has 2 rings (SSSR count). The SMILES string of the molecule is COC(=O)/C=c1\[nH]c2ccccc2\c1=C/[O-]. The number of carbonyl (C=O) groups excluding carboxylic acids is 1. The van der Waals surface area contributed by atoms with Gasteiger partial charge in [0.05, 0.1) is 12.5 Å². The van der Waals surface area contributed by atoms with Gasteiger partial charge in [0.15, 0.2) is 0 Å². The highest BCUT2D eigenvalue weighted by atomic mass is 16.5. The third-order valence-electron chi connectivity index (χ3n) is 2.36. The molecule has 0 fully saturated rings.